The van der Waals surface area contributed by atoms with Crippen molar-refractivity contribution in [3.8, 4) is 0 Å². The van der Waals surface area contributed by atoms with Crippen LogP contribution in [0.2, 0.25) is 5.02 Å². The molecule has 0 amide bonds. The molecule has 1 aliphatic rings. The van der Waals surface area contributed by atoms with Gasteiger partial charge in [0.2, 0.25) is 0 Å². The lowest BCUT2D eigenvalue weighted by Crippen LogP contribution is -2.47. The Kier molecular flexibility index (Phi) is 4.26. The molecule has 2 aromatic rings. The van der Waals surface area contributed by atoms with E-state index in [0.29, 0.717) is 35.7 Å². The molecule has 0 spiro atoms. The van der Waals surface area contributed by atoms with Crippen LogP contribution in [0.15, 0.2) is 29.1 Å². The van der Waals surface area contributed by atoms with E-state index in [1.807, 2.05) is 0 Å². The number of aromatic nitrogens is 1. The van der Waals surface area contributed by atoms with E-state index in [1.54, 1.807) is 24.3 Å². The molecule has 112 valence electrons. The van der Waals surface area contributed by atoms with Crippen LogP contribution < -0.4 is 5.43 Å². The standard InChI is InChI=1S/C15H17ClN2O3/c16-13-3-1-2-12-14(20)6-10(17-15(12)13)7-18-4-5-21-9-11(18)8-19/h1-3,6,11,19H,4-5,7-9H2,(H,17,20). The Labute approximate surface area is 127 Å². The van der Waals surface area contributed by atoms with Crippen molar-refractivity contribution in [3.63, 3.8) is 0 Å². The van der Waals surface area contributed by atoms with Crippen molar-refractivity contribution >= 4 is 22.5 Å². The number of pyridine rings is 1. The summed E-state index contributed by atoms with van der Waals surface area (Å²) in [5.74, 6) is 0. The normalized spacial score (nSPS) is 20.0. The van der Waals surface area contributed by atoms with Gasteiger partial charge in [-0.25, -0.2) is 0 Å². The summed E-state index contributed by atoms with van der Waals surface area (Å²) in [5.41, 5.74) is 1.41. The van der Waals surface area contributed by atoms with Crippen molar-refractivity contribution in [3.05, 3.63) is 45.2 Å². The van der Waals surface area contributed by atoms with Crippen LogP contribution in [0.1, 0.15) is 5.69 Å². The number of para-hydroxylation sites is 1. The fourth-order valence-electron chi connectivity index (χ4n) is 2.66. The van der Waals surface area contributed by atoms with Gasteiger partial charge in [-0.1, -0.05) is 17.7 Å². The smallest absolute Gasteiger partial charge is 0.189 e. The SMILES string of the molecule is O=c1cc(CN2CCOCC2CO)[nH]c2c(Cl)cccc12. The fourth-order valence-corrected chi connectivity index (χ4v) is 2.88. The van der Waals surface area contributed by atoms with Gasteiger partial charge in [-0.2, -0.15) is 0 Å². The van der Waals surface area contributed by atoms with Gasteiger partial charge < -0.3 is 14.8 Å². The Bertz CT molecular complexity index is 701. The molecule has 1 saturated heterocycles. The molecule has 2 heterocycles. The summed E-state index contributed by atoms with van der Waals surface area (Å²) in [6.45, 7) is 2.47. The van der Waals surface area contributed by atoms with Crippen LogP contribution in [0.25, 0.3) is 10.9 Å². The average Bonchev–Trinajstić information content (AvgIpc) is 2.49. The van der Waals surface area contributed by atoms with Crippen molar-refractivity contribution in [2.24, 2.45) is 0 Å². The largest absolute Gasteiger partial charge is 0.395 e. The number of aliphatic hydroxyl groups excluding tert-OH is 1. The van der Waals surface area contributed by atoms with Crippen LogP contribution in [-0.4, -0.2) is 47.4 Å². The van der Waals surface area contributed by atoms with Crippen molar-refractivity contribution in [1.82, 2.24) is 9.88 Å². The predicted octanol–water partition coefficient (Wildman–Crippen LogP) is 1.37. The minimum absolute atomic E-state index is 0.0378. The first kappa shape index (κ1) is 14.5. The number of nitrogens with zero attached hydrogens (tertiary/aromatic N) is 1. The zero-order valence-corrected chi connectivity index (χ0v) is 12.3. The highest BCUT2D eigenvalue weighted by Gasteiger charge is 2.22. The van der Waals surface area contributed by atoms with Crippen molar-refractivity contribution in [1.29, 1.82) is 0 Å². The number of H-pyrrole nitrogens is 1. The summed E-state index contributed by atoms with van der Waals surface area (Å²) in [4.78, 5) is 17.5. The Morgan fingerprint density at radius 2 is 2.33 bits per heavy atom. The number of hydrogen-bond donors (Lipinski definition) is 2. The van der Waals surface area contributed by atoms with Crippen LogP contribution in [-0.2, 0) is 11.3 Å². The highest BCUT2D eigenvalue weighted by Crippen LogP contribution is 2.20. The lowest BCUT2D eigenvalue weighted by Gasteiger charge is -2.34. The minimum atomic E-state index is -0.0462. The maximum Gasteiger partial charge on any atom is 0.189 e. The lowest BCUT2D eigenvalue weighted by atomic mass is 10.1. The van der Waals surface area contributed by atoms with Gasteiger partial charge in [0.05, 0.1) is 36.4 Å². The molecule has 0 radical (unpaired) electrons. The summed E-state index contributed by atoms with van der Waals surface area (Å²) >= 11 is 6.16. The van der Waals surface area contributed by atoms with Gasteiger partial charge in [0.15, 0.2) is 5.43 Å². The van der Waals surface area contributed by atoms with Gasteiger partial charge in [0.25, 0.3) is 0 Å². The van der Waals surface area contributed by atoms with E-state index in [0.717, 1.165) is 12.2 Å². The van der Waals surface area contributed by atoms with Gasteiger partial charge in [0, 0.05) is 30.2 Å². The molecule has 1 aromatic heterocycles. The number of halogens is 1. The summed E-state index contributed by atoms with van der Waals surface area (Å²) in [6.07, 6.45) is 0. The van der Waals surface area contributed by atoms with E-state index in [2.05, 4.69) is 9.88 Å². The number of benzene rings is 1. The number of hydrogen-bond acceptors (Lipinski definition) is 4. The summed E-state index contributed by atoms with van der Waals surface area (Å²) in [6, 6.07) is 6.85. The van der Waals surface area contributed by atoms with E-state index >= 15 is 0 Å². The third kappa shape index (κ3) is 2.96. The van der Waals surface area contributed by atoms with Gasteiger partial charge in [-0.05, 0) is 12.1 Å². The number of aliphatic hydroxyl groups is 1. The Morgan fingerprint density at radius 1 is 1.48 bits per heavy atom. The average molecular weight is 309 g/mol. The number of ether oxygens (including phenoxy) is 1. The molecule has 0 aliphatic carbocycles. The van der Waals surface area contributed by atoms with E-state index in [9.17, 15) is 9.90 Å². The second-order valence-electron chi connectivity index (χ2n) is 5.20. The van der Waals surface area contributed by atoms with Gasteiger partial charge in [-0.15, -0.1) is 0 Å². The zero-order chi connectivity index (χ0) is 14.8. The molecule has 1 fully saturated rings. The molecule has 1 aromatic carbocycles. The Hall–Kier alpha value is -1.40. The Morgan fingerprint density at radius 3 is 3.14 bits per heavy atom. The second-order valence-corrected chi connectivity index (χ2v) is 5.61. The minimum Gasteiger partial charge on any atom is -0.395 e. The van der Waals surface area contributed by atoms with Gasteiger partial charge in [0.1, 0.15) is 0 Å². The number of fused-ring (bicyclic) bond motifs is 1. The maximum absolute atomic E-state index is 12.2. The van der Waals surface area contributed by atoms with Crippen LogP contribution in [0.3, 0.4) is 0 Å². The molecule has 5 nitrogen and oxygen atoms in total. The van der Waals surface area contributed by atoms with E-state index in [-0.39, 0.29) is 18.1 Å². The number of rotatable bonds is 3. The second kappa shape index (κ2) is 6.15. The quantitative estimate of drug-likeness (QED) is 0.899. The number of nitrogens with one attached hydrogen (secondary N) is 1. The topological polar surface area (TPSA) is 65.6 Å². The molecule has 1 aliphatic heterocycles. The van der Waals surface area contributed by atoms with E-state index < -0.39 is 0 Å². The first-order chi connectivity index (χ1) is 10.2. The van der Waals surface area contributed by atoms with Gasteiger partial charge in [-0.3, -0.25) is 9.69 Å². The van der Waals surface area contributed by atoms with Crippen LogP contribution in [0.4, 0.5) is 0 Å². The highest BCUT2D eigenvalue weighted by molar-refractivity contribution is 6.35. The summed E-state index contributed by atoms with van der Waals surface area (Å²) < 4.78 is 5.36. The molecule has 0 saturated carbocycles. The first-order valence-electron chi connectivity index (χ1n) is 6.92. The summed E-state index contributed by atoms with van der Waals surface area (Å²) in [7, 11) is 0. The summed E-state index contributed by atoms with van der Waals surface area (Å²) in [5, 5.41) is 10.5. The first-order valence-corrected chi connectivity index (χ1v) is 7.30. The van der Waals surface area contributed by atoms with Crippen LogP contribution in [0.5, 0.6) is 0 Å². The van der Waals surface area contributed by atoms with Crippen molar-refractivity contribution in [2.75, 3.05) is 26.4 Å². The maximum atomic E-state index is 12.2. The third-order valence-electron chi connectivity index (χ3n) is 3.80. The van der Waals surface area contributed by atoms with Gasteiger partial charge >= 0.3 is 0 Å². The lowest BCUT2D eigenvalue weighted by molar-refractivity contribution is -0.0317. The van der Waals surface area contributed by atoms with E-state index in [4.69, 9.17) is 16.3 Å². The van der Waals surface area contributed by atoms with Crippen LogP contribution in [0, 0.1) is 0 Å². The molecular weight excluding hydrogens is 292 g/mol. The van der Waals surface area contributed by atoms with Crippen LogP contribution >= 0.6 is 11.6 Å². The molecule has 21 heavy (non-hydrogen) atoms. The fraction of sp³-hybridized carbons (Fsp3) is 0.400. The molecular formula is C15H17ClN2O3. The third-order valence-corrected chi connectivity index (χ3v) is 4.12. The Balaban J connectivity index is 1.94. The zero-order valence-electron chi connectivity index (χ0n) is 11.5. The number of morpholine rings is 1. The number of aromatic amines is 1. The van der Waals surface area contributed by atoms with Crippen molar-refractivity contribution < 1.29 is 9.84 Å². The molecule has 1 atom stereocenters. The highest BCUT2D eigenvalue weighted by atomic mass is 35.5. The molecule has 0 bridgehead atoms. The van der Waals surface area contributed by atoms with E-state index in [1.165, 1.54) is 0 Å². The molecule has 6 heteroatoms. The molecule has 1 unspecified atom stereocenters. The monoisotopic (exact) mass is 308 g/mol. The molecule has 3 rings (SSSR count). The molecule has 2 N–H and O–H groups in total. The van der Waals surface area contributed by atoms with Crippen molar-refractivity contribution in [2.45, 2.75) is 12.6 Å². The predicted molar refractivity (Wildman–Crippen MR) is 81.7 cm³/mol.